The molecule has 0 aromatic heterocycles. The van der Waals surface area contributed by atoms with Gasteiger partial charge in [-0.25, -0.2) is 0 Å². The Morgan fingerprint density at radius 2 is 1.52 bits per heavy atom. The summed E-state index contributed by atoms with van der Waals surface area (Å²) in [6.07, 6.45) is 1.24. The van der Waals surface area contributed by atoms with Gasteiger partial charge in [-0.3, -0.25) is 14.4 Å². The lowest BCUT2D eigenvalue weighted by molar-refractivity contribution is -0.142. The molecule has 2 aromatic rings. The molecule has 3 atom stereocenters. The monoisotopic (exact) mass is 554 g/mol. The summed E-state index contributed by atoms with van der Waals surface area (Å²) in [5, 5.41) is 36.1. The van der Waals surface area contributed by atoms with Gasteiger partial charge in [-0.15, -0.1) is 0 Å². The van der Waals surface area contributed by atoms with Crippen molar-refractivity contribution in [2.75, 3.05) is 47.8 Å². The van der Waals surface area contributed by atoms with Crippen LogP contribution in [-0.4, -0.2) is 98.8 Å². The maximum atomic E-state index is 13.9. The van der Waals surface area contributed by atoms with Gasteiger partial charge in [-0.1, -0.05) is 12.1 Å². The molecule has 2 aromatic carbocycles. The standard InChI is InChI=1S/C29H42N6O5/c1-30-11-5-6-22-29(40)35(4)24(28(39)33-13-12-31-2)17-21-15-19(8-10-26(21)37)18-7-9-25(36)20(14-18)16-23(32-3)27(38)34-22/h7-10,14-15,22-24,30-32,36-37H,5-6,11-13,16-17H2,1-4H3,(H,33,39)(H,34,38)/t22-,23-,24-/m0/s1. The van der Waals surface area contributed by atoms with E-state index in [2.05, 4.69) is 26.6 Å². The highest BCUT2D eigenvalue weighted by molar-refractivity contribution is 5.93. The zero-order valence-electron chi connectivity index (χ0n) is 23.7. The fourth-order valence-corrected chi connectivity index (χ4v) is 4.86. The van der Waals surface area contributed by atoms with E-state index < -0.39 is 24.0 Å². The number of nitrogens with one attached hydrogen (secondary N) is 5. The van der Waals surface area contributed by atoms with Crippen molar-refractivity contribution in [2.45, 2.75) is 43.8 Å². The van der Waals surface area contributed by atoms with Crippen LogP contribution >= 0.6 is 0 Å². The first-order chi connectivity index (χ1) is 19.2. The normalized spacial score (nSPS) is 19.9. The van der Waals surface area contributed by atoms with E-state index in [-0.39, 0.29) is 36.2 Å². The summed E-state index contributed by atoms with van der Waals surface area (Å²) in [6.45, 7) is 1.56. The van der Waals surface area contributed by atoms with Gasteiger partial charge in [-0.2, -0.15) is 0 Å². The number of aromatic hydroxyl groups is 2. The molecule has 0 saturated heterocycles. The minimum atomic E-state index is -0.935. The summed E-state index contributed by atoms with van der Waals surface area (Å²) in [4.78, 5) is 42.0. The van der Waals surface area contributed by atoms with Crippen LogP contribution in [0.25, 0.3) is 11.1 Å². The summed E-state index contributed by atoms with van der Waals surface area (Å²) in [7, 11) is 6.80. The van der Waals surface area contributed by atoms with Crippen molar-refractivity contribution in [1.29, 1.82) is 0 Å². The van der Waals surface area contributed by atoms with Crippen molar-refractivity contribution >= 4 is 17.7 Å². The fourth-order valence-electron chi connectivity index (χ4n) is 4.86. The Morgan fingerprint density at radius 1 is 0.925 bits per heavy atom. The van der Waals surface area contributed by atoms with Gasteiger partial charge in [0.2, 0.25) is 17.7 Å². The third kappa shape index (κ3) is 7.71. The van der Waals surface area contributed by atoms with Crippen LogP contribution in [0.5, 0.6) is 11.5 Å². The molecule has 1 aliphatic rings. The topological polar surface area (TPSA) is 155 Å². The maximum Gasteiger partial charge on any atom is 0.245 e. The molecule has 11 nitrogen and oxygen atoms in total. The van der Waals surface area contributed by atoms with Crippen LogP contribution in [0.15, 0.2) is 36.4 Å². The number of rotatable bonds is 9. The molecule has 7 N–H and O–H groups in total. The van der Waals surface area contributed by atoms with E-state index in [4.69, 9.17) is 0 Å². The van der Waals surface area contributed by atoms with Crippen LogP contribution in [-0.2, 0) is 27.2 Å². The molecule has 11 heteroatoms. The second-order valence-electron chi connectivity index (χ2n) is 10.1. The average molecular weight is 555 g/mol. The Labute approximate surface area is 235 Å². The number of hydrogen-bond acceptors (Lipinski definition) is 8. The number of phenols is 2. The summed E-state index contributed by atoms with van der Waals surface area (Å²) < 4.78 is 0. The second-order valence-corrected chi connectivity index (χ2v) is 10.1. The molecule has 3 amide bonds. The van der Waals surface area contributed by atoms with E-state index in [0.29, 0.717) is 43.6 Å². The van der Waals surface area contributed by atoms with Gasteiger partial charge in [0, 0.05) is 33.0 Å². The highest BCUT2D eigenvalue weighted by Crippen LogP contribution is 2.31. The Balaban J connectivity index is 2.12. The Bertz CT molecular complexity index is 1190. The molecule has 0 radical (unpaired) electrons. The van der Waals surface area contributed by atoms with Gasteiger partial charge in [0.15, 0.2) is 0 Å². The SMILES string of the molecule is CNCCC[C@@H]1NC(=O)[C@@H](NC)Cc2cc(ccc2O)-c2ccc(O)c(c2)C[C@@H](C(=O)NCCNC)N(C)C1=O. The fraction of sp³-hybridized carbons (Fsp3) is 0.483. The molecule has 218 valence electrons. The largest absolute Gasteiger partial charge is 0.508 e. The smallest absolute Gasteiger partial charge is 0.245 e. The van der Waals surface area contributed by atoms with Crippen LogP contribution in [0.2, 0.25) is 0 Å². The minimum Gasteiger partial charge on any atom is -0.508 e. The lowest BCUT2D eigenvalue weighted by Gasteiger charge is -2.32. The van der Waals surface area contributed by atoms with Crippen molar-refractivity contribution in [1.82, 2.24) is 31.5 Å². The lowest BCUT2D eigenvalue weighted by Crippen LogP contribution is -2.57. The first kappa shape index (κ1) is 30.9. The Morgan fingerprint density at radius 3 is 2.10 bits per heavy atom. The van der Waals surface area contributed by atoms with Gasteiger partial charge in [0.1, 0.15) is 23.6 Å². The van der Waals surface area contributed by atoms with Gasteiger partial charge >= 0.3 is 0 Å². The number of fused-ring (bicyclic) bond motifs is 5. The van der Waals surface area contributed by atoms with Crippen molar-refractivity contribution in [3.05, 3.63) is 47.5 Å². The average Bonchev–Trinajstić information content (AvgIpc) is 2.94. The predicted molar refractivity (Wildman–Crippen MR) is 154 cm³/mol. The zero-order valence-corrected chi connectivity index (χ0v) is 23.7. The first-order valence-corrected chi connectivity index (χ1v) is 13.7. The van der Waals surface area contributed by atoms with Gasteiger partial charge in [-0.05, 0) is 87.0 Å². The maximum absolute atomic E-state index is 13.9. The Hall–Kier alpha value is -3.67. The van der Waals surface area contributed by atoms with Crippen LogP contribution in [0, 0.1) is 0 Å². The number of hydrogen-bond donors (Lipinski definition) is 7. The summed E-state index contributed by atoms with van der Waals surface area (Å²) >= 11 is 0. The number of amides is 3. The Kier molecular flexibility index (Phi) is 11.3. The number of nitrogens with zero attached hydrogens (tertiary/aromatic N) is 1. The van der Waals surface area contributed by atoms with Crippen molar-refractivity contribution in [3.63, 3.8) is 0 Å². The second kappa shape index (κ2) is 14.6. The van der Waals surface area contributed by atoms with Crippen molar-refractivity contribution in [3.8, 4) is 22.6 Å². The third-order valence-corrected chi connectivity index (χ3v) is 7.32. The lowest BCUT2D eigenvalue weighted by atomic mass is 9.95. The van der Waals surface area contributed by atoms with Gasteiger partial charge < -0.3 is 41.7 Å². The van der Waals surface area contributed by atoms with Crippen LogP contribution < -0.4 is 26.6 Å². The molecule has 0 spiro atoms. The molecule has 4 bridgehead atoms. The minimum absolute atomic E-state index is 0.00932. The summed E-state index contributed by atoms with van der Waals surface area (Å²) in [5.41, 5.74) is 2.61. The van der Waals surface area contributed by atoms with E-state index in [1.54, 1.807) is 51.5 Å². The number of likely N-dealkylation sites (N-methyl/N-ethyl adjacent to an activating group) is 3. The molecule has 1 heterocycles. The van der Waals surface area contributed by atoms with Crippen molar-refractivity contribution < 1.29 is 24.6 Å². The molecule has 1 aliphatic heterocycles. The molecular weight excluding hydrogens is 512 g/mol. The van der Waals surface area contributed by atoms with Crippen LogP contribution in [0.1, 0.15) is 24.0 Å². The molecule has 0 saturated carbocycles. The van der Waals surface area contributed by atoms with E-state index in [0.717, 1.165) is 11.1 Å². The third-order valence-electron chi connectivity index (χ3n) is 7.32. The molecule has 0 unspecified atom stereocenters. The quantitative estimate of drug-likeness (QED) is 0.215. The van der Waals surface area contributed by atoms with E-state index in [9.17, 15) is 24.6 Å². The highest BCUT2D eigenvalue weighted by Gasteiger charge is 2.34. The molecular formula is C29H42N6O5. The number of carbonyl (C=O) groups is 3. The molecule has 40 heavy (non-hydrogen) atoms. The van der Waals surface area contributed by atoms with Crippen LogP contribution in [0.4, 0.5) is 0 Å². The van der Waals surface area contributed by atoms with Crippen molar-refractivity contribution in [2.24, 2.45) is 0 Å². The predicted octanol–water partition coefficient (Wildman–Crippen LogP) is 0.0984. The zero-order chi connectivity index (χ0) is 29.2. The first-order valence-electron chi connectivity index (χ1n) is 13.7. The van der Waals surface area contributed by atoms with Gasteiger partial charge in [0.25, 0.3) is 0 Å². The highest BCUT2D eigenvalue weighted by atomic mass is 16.3. The number of benzene rings is 2. The van der Waals surface area contributed by atoms with E-state index >= 15 is 0 Å². The molecule has 0 aliphatic carbocycles. The molecule has 0 fully saturated rings. The number of carbonyl (C=O) groups excluding carboxylic acids is 3. The van der Waals surface area contributed by atoms with Gasteiger partial charge in [0.05, 0.1) is 6.04 Å². The van der Waals surface area contributed by atoms with E-state index in [1.165, 1.54) is 4.90 Å². The number of phenolic OH excluding ortho intramolecular Hbond substituents is 2. The molecule has 3 rings (SSSR count). The summed E-state index contributed by atoms with van der Waals surface area (Å²) in [6, 6.07) is 7.74. The van der Waals surface area contributed by atoms with Crippen LogP contribution in [0.3, 0.4) is 0 Å². The summed E-state index contributed by atoms with van der Waals surface area (Å²) in [5.74, 6) is -1.08. The van der Waals surface area contributed by atoms with E-state index in [1.807, 2.05) is 13.1 Å².